The van der Waals surface area contributed by atoms with Crippen LogP contribution in [0, 0.1) is 6.92 Å². The highest BCUT2D eigenvalue weighted by atomic mass is 32.2. The lowest BCUT2D eigenvalue weighted by atomic mass is 10.1. The molecular weight excluding hydrogens is 372 g/mol. The number of fused-ring (bicyclic) bond motifs is 3. The number of nitrogens with one attached hydrogen (secondary N) is 1. The monoisotopic (exact) mass is 392 g/mol. The number of rotatable bonds is 5. The van der Waals surface area contributed by atoms with Crippen LogP contribution in [0.2, 0.25) is 0 Å². The highest BCUT2D eigenvalue weighted by Crippen LogP contribution is 2.29. The summed E-state index contributed by atoms with van der Waals surface area (Å²) in [4.78, 5) is 12.7. The Labute approximate surface area is 166 Å². The van der Waals surface area contributed by atoms with Crippen LogP contribution in [0.5, 0.6) is 5.75 Å². The molecule has 0 aliphatic carbocycles. The molecule has 0 saturated carbocycles. The number of amides is 1. The molecule has 0 saturated heterocycles. The van der Waals surface area contributed by atoms with Crippen molar-refractivity contribution in [3.05, 3.63) is 60.2 Å². The van der Waals surface area contributed by atoms with Gasteiger partial charge in [0.15, 0.2) is 10.8 Å². The van der Waals surface area contributed by atoms with E-state index in [0.717, 1.165) is 22.1 Å². The van der Waals surface area contributed by atoms with Crippen LogP contribution in [0.25, 0.3) is 16.6 Å². The Kier molecular flexibility index (Phi) is 4.92. The highest BCUT2D eigenvalue weighted by Gasteiger charge is 2.20. The molecule has 6 nitrogen and oxygen atoms in total. The summed E-state index contributed by atoms with van der Waals surface area (Å²) in [5.74, 6) is 0.505. The Bertz CT molecular complexity index is 1170. The van der Waals surface area contributed by atoms with Crippen molar-refractivity contribution in [1.82, 2.24) is 14.6 Å². The number of benzene rings is 2. The third-order valence-electron chi connectivity index (χ3n) is 4.59. The number of thioether (sulfide) groups is 1. The molecule has 1 N–H and O–H groups in total. The van der Waals surface area contributed by atoms with Crippen LogP contribution in [-0.4, -0.2) is 32.9 Å². The maximum absolute atomic E-state index is 12.7. The van der Waals surface area contributed by atoms with Crippen molar-refractivity contribution < 1.29 is 9.53 Å². The molecule has 0 bridgehead atoms. The van der Waals surface area contributed by atoms with E-state index < -0.39 is 0 Å². The van der Waals surface area contributed by atoms with Crippen molar-refractivity contribution in [3.8, 4) is 5.75 Å². The van der Waals surface area contributed by atoms with E-state index >= 15 is 0 Å². The first-order valence-corrected chi connectivity index (χ1v) is 9.80. The number of carbonyl (C=O) groups is 1. The smallest absolute Gasteiger partial charge is 0.237 e. The molecule has 0 aliphatic heterocycles. The minimum absolute atomic E-state index is 0.123. The van der Waals surface area contributed by atoms with Gasteiger partial charge in [-0.25, -0.2) is 0 Å². The summed E-state index contributed by atoms with van der Waals surface area (Å²) in [6, 6.07) is 17.5. The van der Waals surface area contributed by atoms with Crippen LogP contribution in [0.15, 0.2) is 59.8 Å². The van der Waals surface area contributed by atoms with Gasteiger partial charge >= 0.3 is 0 Å². The number of aromatic nitrogens is 3. The molecular formula is C21H20N4O2S. The fourth-order valence-corrected chi connectivity index (χ4v) is 4.01. The summed E-state index contributed by atoms with van der Waals surface area (Å²) in [5.41, 5.74) is 3.60. The van der Waals surface area contributed by atoms with Crippen molar-refractivity contribution in [2.75, 3.05) is 12.4 Å². The molecule has 0 spiro atoms. The first kappa shape index (κ1) is 18.3. The SMILES string of the molecule is COc1ccccc1NC(=O)[C@H](C)Sc1nnc2cc(C)c3ccccc3n12. The average Bonchev–Trinajstić information content (AvgIpc) is 3.11. The van der Waals surface area contributed by atoms with Crippen LogP contribution in [-0.2, 0) is 4.79 Å². The summed E-state index contributed by atoms with van der Waals surface area (Å²) in [5, 5.41) is 13.0. The van der Waals surface area contributed by atoms with Crippen LogP contribution in [0.4, 0.5) is 5.69 Å². The number of pyridine rings is 1. The second-order valence-corrected chi connectivity index (χ2v) is 7.78. The molecule has 7 heteroatoms. The molecule has 4 aromatic rings. The number of anilines is 1. The molecule has 2 aromatic carbocycles. The van der Waals surface area contributed by atoms with Gasteiger partial charge in [0.05, 0.1) is 23.6 Å². The van der Waals surface area contributed by atoms with Gasteiger partial charge in [0.25, 0.3) is 0 Å². The molecule has 4 rings (SSSR count). The third kappa shape index (κ3) is 3.29. The van der Waals surface area contributed by atoms with E-state index in [1.807, 2.05) is 59.9 Å². The first-order chi connectivity index (χ1) is 13.6. The number of hydrogen-bond acceptors (Lipinski definition) is 5. The Morgan fingerprint density at radius 3 is 2.71 bits per heavy atom. The summed E-state index contributed by atoms with van der Waals surface area (Å²) >= 11 is 1.38. The Hall–Kier alpha value is -3.06. The number of carbonyl (C=O) groups excluding carboxylic acids is 1. The second-order valence-electron chi connectivity index (χ2n) is 6.47. The van der Waals surface area contributed by atoms with E-state index in [2.05, 4.69) is 28.5 Å². The fraction of sp³-hybridized carbons (Fsp3) is 0.190. The number of ether oxygens (including phenoxy) is 1. The molecule has 28 heavy (non-hydrogen) atoms. The lowest BCUT2D eigenvalue weighted by Crippen LogP contribution is -2.23. The molecule has 0 unspecified atom stereocenters. The van der Waals surface area contributed by atoms with E-state index in [1.54, 1.807) is 7.11 Å². The van der Waals surface area contributed by atoms with Crippen molar-refractivity contribution in [2.24, 2.45) is 0 Å². The predicted molar refractivity (Wildman–Crippen MR) is 112 cm³/mol. The summed E-state index contributed by atoms with van der Waals surface area (Å²) < 4.78 is 7.30. The molecule has 1 amide bonds. The van der Waals surface area contributed by atoms with Gasteiger partial charge in [-0.1, -0.05) is 42.1 Å². The standard InChI is InChI=1S/C21H20N4O2S/c1-13-12-19-23-24-21(25(19)17-10-6-4-8-15(13)17)28-14(2)20(26)22-16-9-5-7-11-18(16)27-3/h4-12,14H,1-3H3,(H,22,26)/t14-/m0/s1. The molecule has 0 radical (unpaired) electrons. The van der Waals surface area contributed by atoms with E-state index in [4.69, 9.17) is 4.74 Å². The summed E-state index contributed by atoms with van der Waals surface area (Å²) in [6.07, 6.45) is 0. The number of hydrogen-bond donors (Lipinski definition) is 1. The quantitative estimate of drug-likeness (QED) is 0.512. The molecule has 2 heterocycles. The summed E-state index contributed by atoms with van der Waals surface area (Å²) in [6.45, 7) is 3.92. The zero-order valence-corrected chi connectivity index (χ0v) is 16.7. The lowest BCUT2D eigenvalue weighted by molar-refractivity contribution is -0.115. The van der Waals surface area contributed by atoms with Gasteiger partial charge in [-0.05, 0) is 43.7 Å². The van der Waals surface area contributed by atoms with Gasteiger partial charge in [-0.15, -0.1) is 10.2 Å². The van der Waals surface area contributed by atoms with Crippen molar-refractivity contribution in [3.63, 3.8) is 0 Å². The minimum atomic E-state index is -0.364. The molecule has 142 valence electrons. The van der Waals surface area contributed by atoms with Gasteiger partial charge in [0.2, 0.25) is 5.91 Å². The lowest BCUT2D eigenvalue weighted by Gasteiger charge is -2.14. The van der Waals surface area contributed by atoms with Gasteiger partial charge in [0, 0.05) is 5.39 Å². The van der Waals surface area contributed by atoms with Crippen LogP contribution in [0.3, 0.4) is 0 Å². The number of aryl methyl sites for hydroxylation is 1. The fourth-order valence-electron chi connectivity index (χ4n) is 3.14. The first-order valence-electron chi connectivity index (χ1n) is 8.92. The maximum atomic E-state index is 12.7. The number of para-hydroxylation sites is 3. The largest absolute Gasteiger partial charge is 0.495 e. The van der Waals surface area contributed by atoms with Crippen LogP contribution >= 0.6 is 11.8 Å². The molecule has 1 atom stereocenters. The average molecular weight is 392 g/mol. The molecule has 0 aliphatic rings. The maximum Gasteiger partial charge on any atom is 0.237 e. The van der Waals surface area contributed by atoms with Crippen LogP contribution < -0.4 is 10.1 Å². The molecule has 2 aromatic heterocycles. The van der Waals surface area contributed by atoms with Crippen LogP contribution in [0.1, 0.15) is 12.5 Å². The third-order valence-corrected chi connectivity index (χ3v) is 5.63. The van der Waals surface area contributed by atoms with Crippen molar-refractivity contribution in [1.29, 1.82) is 0 Å². The van der Waals surface area contributed by atoms with Gasteiger partial charge in [-0.2, -0.15) is 0 Å². The van der Waals surface area contributed by atoms with E-state index in [9.17, 15) is 4.79 Å². The minimum Gasteiger partial charge on any atom is -0.495 e. The van der Waals surface area contributed by atoms with E-state index in [-0.39, 0.29) is 11.2 Å². The highest BCUT2D eigenvalue weighted by molar-refractivity contribution is 8.00. The Morgan fingerprint density at radius 1 is 1.14 bits per heavy atom. The normalized spacial score (nSPS) is 12.2. The van der Waals surface area contributed by atoms with Crippen molar-refractivity contribution >= 4 is 39.9 Å². The van der Waals surface area contributed by atoms with E-state index in [0.29, 0.717) is 16.6 Å². The number of nitrogens with zero attached hydrogens (tertiary/aromatic N) is 3. The zero-order chi connectivity index (χ0) is 19.7. The van der Waals surface area contributed by atoms with Crippen molar-refractivity contribution in [2.45, 2.75) is 24.3 Å². The summed E-state index contributed by atoms with van der Waals surface area (Å²) in [7, 11) is 1.58. The predicted octanol–water partition coefficient (Wildman–Crippen LogP) is 4.32. The van der Waals surface area contributed by atoms with Gasteiger partial charge in [0.1, 0.15) is 5.75 Å². The topological polar surface area (TPSA) is 68.5 Å². The van der Waals surface area contributed by atoms with Gasteiger partial charge in [-0.3, -0.25) is 9.20 Å². The van der Waals surface area contributed by atoms with E-state index in [1.165, 1.54) is 11.8 Å². The zero-order valence-electron chi connectivity index (χ0n) is 15.8. The Balaban J connectivity index is 1.63. The second kappa shape index (κ2) is 7.52. The number of methoxy groups -OCH3 is 1. The van der Waals surface area contributed by atoms with Gasteiger partial charge < -0.3 is 10.1 Å². The molecule has 0 fully saturated rings. The Morgan fingerprint density at radius 2 is 1.89 bits per heavy atom.